The van der Waals surface area contributed by atoms with Crippen LogP contribution in [0.25, 0.3) is 33.8 Å². The molecule has 0 saturated carbocycles. The van der Waals surface area contributed by atoms with Gasteiger partial charge < -0.3 is 4.90 Å². The summed E-state index contributed by atoms with van der Waals surface area (Å²) in [4.78, 5) is 6.73. The zero-order chi connectivity index (χ0) is 17.2. The first kappa shape index (κ1) is 15.4. The van der Waals surface area contributed by atoms with E-state index >= 15 is 0 Å². The lowest BCUT2D eigenvalue weighted by atomic mass is 10.0. The zero-order valence-corrected chi connectivity index (χ0v) is 14.5. The van der Waals surface area contributed by atoms with Crippen LogP contribution in [0.1, 0.15) is 11.1 Å². The molecule has 0 spiro atoms. The summed E-state index contributed by atoms with van der Waals surface area (Å²) in [6.07, 6.45) is 6.19. The van der Waals surface area contributed by atoms with E-state index in [1.165, 1.54) is 27.4 Å². The number of hydrogen-bond donors (Lipinski definition) is 0. The van der Waals surface area contributed by atoms with Gasteiger partial charge in [0, 0.05) is 31.4 Å². The lowest BCUT2D eigenvalue weighted by molar-refractivity contribution is 1.13. The van der Waals surface area contributed by atoms with Crippen LogP contribution in [-0.4, -0.2) is 19.1 Å². The molecule has 0 saturated heterocycles. The SMILES string of the molecule is CN(C)c1ccc(/C=C/c2cnc3ccc4ccccc4c3c2)cc1. The highest BCUT2D eigenvalue weighted by Crippen LogP contribution is 2.25. The smallest absolute Gasteiger partial charge is 0.0708 e. The van der Waals surface area contributed by atoms with Crippen molar-refractivity contribution >= 4 is 39.5 Å². The average Bonchev–Trinajstić information content (AvgIpc) is 2.66. The lowest BCUT2D eigenvalue weighted by Crippen LogP contribution is -2.07. The molecular weight excluding hydrogens is 304 g/mol. The van der Waals surface area contributed by atoms with E-state index in [2.05, 4.69) is 103 Å². The largest absolute Gasteiger partial charge is 0.378 e. The topological polar surface area (TPSA) is 16.1 Å². The van der Waals surface area contributed by atoms with Crippen LogP contribution in [-0.2, 0) is 0 Å². The predicted molar refractivity (Wildman–Crippen MR) is 109 cm³/mol. The Morgan fingerprint density at radius 2 is 1.52 bits per heavy atom. The molecule has 0 aliphatic rings. The molecule has 0 aliphatic carbocycles. The van der Waals surface area contributed by atoms with E-state index in [9.17, 15) is 0 Å². The Balaban J connectivity index is 1.70. The van der Waals surface area contributed by atoms with Crippen molar-refractivity contribution in [2.24, 2.45) is 0 Å². The van der Waals surface area contributed by atoms with Crippen molar-refractivity contribution in [2.75, 3.05) is 19.0 Å². The van der Waals surface area contributed by atoms with E-state index in [-0.39, 0.29) is 0 Å². The molecule has 2 nitrogen and oxygen atoms in total. The Hall–Kier alpha value is -3.13. The number of nitrogens with zero attached hydrogens (tertiary/aromatic N) is 2. The van der Waals surface area contributed by atoms with Gasteiger partial charge in [0.1, 0.15) is 0 Å². The summed E-state index contributed by atoms with van der Waals surface area (Å²) < 4.78 is 0. The summed E-state index contributed by atoms with van der Waals surface area (Å²) in [7, 11) is 4.10. The van der Waals surface area contributed by atoms with Crippen molar-refractivity contribution < 1.29 is 0 Å². The van der Waals surface area contributed by atoms with E-state index in [1.807, 2.05) is 6.20 Å². The van der Waals surface area contributed by atoms with Crippen LogP contribution in [0, 0.1) is 0 Å². The van der Waals surface area contributed by atoms with Crippen LogP contribution in [0.4, 0.5) is 5.69 Å². The molecule has 122 valence electrons. The van der Waals surface area contributed by atoms with Crippen molar-refractivity contribution in [2.45, 2.75) is 0 Å². The maximum atomic E-state index is 4.62. The van der Waals surface area contributed by atoms with Gasteiger partial charge in [0.15, 0.2) is 0 Å². The second kappa shape index (κ2) is 6.40. The van der Waals surface area contributed by atoms with E-state index < -0.39 is 0 Å². The van der Waals surface area contributed by atoms with E-state index in [0.717, 1.165) is 11.1 Å². The summed E-state index contributed by atoms with van der Waals surface area (Å²) >= 11 is 0. The number of hydrogen-bond acceptors (Lipinski definition) is 2. The van der Waals surface area contributed by atoms with Gasteiger partial charge in [0.05, 0.1) is 5.52 Å². The first-order valence-electron chi connectivity index (χ1n) is 8.44. The summed E-state index contributed by atoms with van der Waals surface area (Å²) in [5.74, 6) is 0. The molecule has 0 unspecified atom stereocenters. The number of pyridine rings is 1. The third kappa shape index (κ3) is 3.11. The summed E-state index contributed by atoms with van der Waals surface area (Å²) in [5, 5.41) is 3.69. The van der Waals surface area contributed by atoms with Gasteiger partial charge in [0.25, 0.3) is 0 Å². The van der Waals surface area contributed by atoms with E-state index in [0.29, 0.717) is 0 Å². The van der Waals surface area contributed by atoms with Crippen molar-refractivity contribution in [1.82, 2.24) is 4.98 Å². The van der Waals surface area contributed by atoms with Gasteiger partial charge in [-0.05, 0) is 46.2 Å². The fourth-order valence-corrected chi connectivity index (χ4v) is 3.06. The van der Waals surface area contributed by atoms with Gasteiger partial charge in [-0.2, -0.15) is 0 Å². The molecular formula is C23H20N2. The fourth-order valence-electron chi connectivity index (χ4n) is 3.06. The highest BCUT2D eigenvalue weighted by molar-refractivity contribution is 6.06. The van der Waals surface area contributed by atoms with Gasteiger partial charge in [0.2, 0.25) is 0 Å². The average molecular weight is 324 g/mol. The Labute approximate surface area is 148 Å². The number of aromatic nitrogens is 1. The highest BCUT2D eigenvalue weighted by Gasteiger charge is 2.01. The third-order valence-electron chi connectivity index (χ3n) is 4.49. The molecule has 0 bridgehead atoms. The third-order valence-corrected chi connectivity index (χ3v) is 4.49. The Kier molecular flexibility index (Phi) is 3.95. The highest BCUT2D eigenvalue weighted by atomic mass is 15.1. The first-order valence-corrected chi connectivity index (χ1v) is 8.44. The van der Waals surface area contributed by atoms with Crippen molar-refractivity contribution in [1.29, 1.82) is 0 Å². The number of anilines is 1. The Bertz CT molecular complexity index is 1060. The molecule has 25 heavy (non-hydrogen) atoms. The molecule has 1 heterocycles. The van der Waals surface area contributed by atoms with Gasteiger partial charge in [-0.3, -0.25) is 4.98 Å². The minimum Gasteiger partial charge on any atom is -0.378 e. The van der Waals surface area contributed by atoms with Crippen LogP contribution >= 0.6 is 0 Å². The van der Waals surface area contributed by atoms with E-state index in [4.69, 9.17) is 0 Å². The summed E-state index contributed by atoms with van der Waals surface area (Å²) in [6.45, 7) is 0. The normalized spacial score (nSPS) is 11.4. The minimum atomic E-state index is 1.03. The molecule has 0 N–H and O–H groups in total. The molecule has 0 amide bonds. The lowest BCUT2D eigenvalue weighted by Gasteiger charge is -2.11. The molecule has 3 aromatic carbocycles. The van der Waals surface area contributed by atoms with Gasteiger partial charge in [-0.1, -0.05) is 54.6 Å². The molecule has 4 rings (SSSR count). The van der Waals surface area contributed by atoms with Gasteiger partial charge >= 0.3 is 0 Å². The van der Waals surface area contributed by atoms with Crippen molar-refractivity contribution in [3.05, 3.63) is 84.1 Å². The minimum absolute atomic E-state index is 1.03. The predicted octanol–water partition coefficient (Wildman–Crippen LogP) is 5.62. The maximum absolute atomic E-state index is 4.62. The van der Waals surface area contributed by atoms with Crippen LogP contribution < -0.4 is 4.90 Å². The maximum Gasteiger partial charge on any atom is 0.0708 e. The monoisotopic (exact) mass is 324 g/mol. The van der Waals surface area contributed by atoms with Gasteiger partial charge in [-0.25, -0.2) is 0 Å². The second-order valence-electron chi connectivity index (χ2n) is 6.44. The van der Waals surface area contributed by atoms with Crippen LogP contribution in [0.3, 0.4) is 0 Å². The number of rotatable bonds is 3. The summed E-state index contributed by atoms with van der Waals surface area (Å²) in [5.41, 5.74) is 4.53. The van der Waals surface area contributed by atoms with Gasteiger partial charge in [-0.15, -0.1) is 0 Å². The van der Waals surface area contributed by atoms with E-state index in [1.54, 1.807) is 0 Å². The quantitative estimate of drug-likeness (QED) is 0.454. The van der Waals surface area contributed by atoms with Crippen LogP contribution in [0.15, 0.2) is 72.9 Å². The second-order valence-corrected chi connectivity index (χ2v) is 6.44. The molecule has 0 fully saturated rings. The van der Waals surface area contributed by atoms with Crippen molar-refractivity contribution in [3.63, 3.8) is 0 Å². The van der Waals surface area contributed by atoms with Crippen LogP contribution in [0.2, 0.25) is 0 Å². The molecule has 0 radical (unpaired) electrons. The molecule has 0 atom stereocenters. The molecule has 0 aliphatic heterocycles. The fraction of sp³-hybridized carbons (Fsp3) is 0.0870. The summed E-state index contributed by atoms with van der Waals surface area (Å²) in [6, 6.07) is 23.4. The Morgan fingerprint density at radius 1 is 0.760 bits per heavy atom. The molecule has 4 aromatic rings. The Morgan fingerprint density at radius 3 is 2.32 bits per heavy atom. The molecule has 2 heteroatoms. The zero-order valence-electron chi connectivity index (χ0n) is 14.5. The van der Waals surface area contributed by atoms with Crippen LogP contribution in [0.5, 0.6) is 0 Å². The van der Waals surface area contributed by atoms with Crippen molar-refractivity contribution in [3.8, 4) is 0 Å². The number of fused-ring (bicyclic) bond motifs is 3. The molecule has 1 aromatic heterocycles. The first-order chi connectivity index (χ1) is 12.2. The number of benzene rings is 3. The standard InChI is InChI=1S/C23H20N2/c1-25(2)20-12-9-17(10-13-20)7-8-18-15-22-21-6-4-3-5-19(21)11-14-23(22)24-16-18/h3-16H,1-2H3/b8-7+.